The highest BCUT2D eigenvalue weighted by Crippen LogP contribution is 2.26. The van der Waals surface area contributed by atoms with E-state index in [9.17, 15) is 0 Å². The molecule has 0 fully saturated rings. The lowest BCUT2D eigenvalue weighted by Crippen LogP contribution is -2.23. The number of unbranched alkanes of at least 4 members (excludes halogenated alkanes) is 1. The molecule has 0 aliphatic carbocycles. The van der Waals surface area contributed by atoms with Crippen LogP contribution in [0.3, 0.4) is 0 Å². The second-order valence-corrected chi connectivity index (χ2v) is 9.58. The minimum atomic E-state index is 0.629. The minimum Gasteiger partial charge on any atom is -0.493 e. The summed E-state index contributed by atoms with van der Waals surface area (Å²) in [5.41, 5.74) is 7.36. The fourth-order valence-corrected chi connectivity index (χ4v) is 4.69. The first kappa shape index (κ1) is 23.7. The van der Waals surface area contributed by atoms with E-state index in [1.807, 2.05) is 36.4 Å². The Morgan fingerprint density at radius 1 is 0.971 bits per heavy atom. The molecule has 0 saturated carbocycles. The summed E-state index contributed by atoms with van der Waals surface area (Å²) in [6.07, 6.45) is 7.38. The van der Waals surface area contributed by atoms with E-state index in [0.29, 0.717) is 6.61 Å². The van der Waals surface area contributed by atoms with E-state index < -0.39 is 0 Å². The first-order chi connectivity index (χ1) is 17.2. The molecule has 35 heavy (non-hydrogen) atoms. The van der Waals surface area contributed by atoms with Crippen molar-refractivity contribution in [2.75, 3.05) is 13.2 Å². The van der Waals surface area contributed by atoms with Gasteiger partial charge in [-0.05, 0) is 84.6 Å². The molecular weight excluding hydrogens is 454 g/mol. The van der Waals surface area contributed by atoms with Crippen molar-refractivity contribution in [2.45, 2.75) is 45.6 Å². The summed E-state index contributed by atoms with van der Waals surface area (Å²) in [4.78, 5) is 5.04. The van der Waals surface area contributed by atoms with Crippen molar-refractivity contribution in [1.82, 2.24) is 14.9 Å². The molecule has 2 heterocycles. The van der Waals surface area contributed by atoms with E-state index in [1.165, 1.54) is 22.4 Å². The molecule has 4 nitrogen and oxygen atoms in total. The zero-order valence-corrected chi connectivity index (χ0v) is 21.0. The highest BCUT2D eigenvalue weighted by atomic mass is 35.5. The van der Waals surface area contributed by atoms with E-state index in [4.69, 9.17) is 21.3 Å². The highest BCUT2D eigenvalue weighted by Gasteiger charge is 2.14. The van der Waals surface area contributed by atoms with Crippen LogP contribution in [0.5, 0.6) is 5.75 Å². The van der Waals surface area contributed by atoms with Gasteiger partial charge in [0.15, 0.2) is 0 Å². The second kappa shape index (κ2) is 11.1. The Kier molecular flexibility index (Phi) is 7.51. The van der Waals surface area contributed by atoms with Crippen LogP contribution in [0.25, 0.3) is 16.9 Å². The average molecular weight is 486 g/mol. The van der Waals surface area contributed by atoms with E-state index >= 15 is 0 Å². The van der Waals surface area contributed by atoms with Gasteiger partial charge in [-0.15, -0.1) is 0 Å². The standard InChI is InChI=1S/C30H32ClN3O/c1-2-3-4-30-33-29(21-34(30)27-12-7-23-15-17-32-20-25(23)19-27)24-8-13-28(14-9-24)35-18-16-22-5-10-26(31)11-6-22/h5-14,19,21,32H,2-4,15-18,20H2,1H3. The van der Waals surface area contributed by atoms with Gasteiger partial charge in [-0.2, -0.15) is 0 Å². The number of nitrogens with one attached hydrogen (secondary N) is 1. The lowest BCUT2D eigenvalue weighted by molar-refractivity contribution is 0.322. The fraction of sp³-hybridized carbons (Fsp3) is 0.300. The number of benzene rings is 3. The topological polar surface area (TPSA) is 39.1 Å². The third kappa shape index (κ3) is 5.77. The van der Waals surface area contributed by atoms with Crippen LogP contribution >= 0.6 is 11.6 Å². The fourth-order valence-electron chi connectivity index (χ4n) is 4.57. The van der Waals surface area contributed by atoms with E-state index in [0.717, 1.165) is 73.0 Å². The number of nitrogens with zero attached hydrogens (tertiary/aromatic N) is 2. The minimum absolute atomic E-state index is 0.629. The van der Waals surface area contributed by atoms with Gasteiger partial charge >= 0.3 is 0 Å². The Morgan fingerprint density at radius 3 is 2.60 bits per heavy atom. The van der Waals surface area contributed by atoms with Crippen molar-refractivity contribution in [1.29, 1.82) is 0 Å². The zero-order valence-electron chi connectivity index (χ0n) is 20.3. The molecule has 0 spiro atoms. The Balaban J connectivity index is 1.32. The van der Waals surface area contributed by atoms with E-state index in [-0.39, 0.29) is 0 Å². The molecule has 4 aromatic rings. The number of imidazole rings is 1. The van der Waals surface area contributed by atoms with Crippen molar-refractivity contribution in [3.63, 3.8) is 0 Å². The van der Waals surface area contributed by atoms with Crippen molar-refractivity contribution >= 4 is 11.6 Å². The predicted molar refractivity (Wildman–Crippen MR) is 144 cm³/mol. The van der Waals surface area contributed by atoms with Gasteiger partial charge in [0.2, 0.25) is 0 Å². The first-order valence-corrected chi connectivity index (χ1v) is 13.0. The quantitative estimate of drug-likeness (QED) is 0.283. The molecule has 0 unspecified atom stereocenters. The molecule has 5 heteroatoms. The van der Waals surface area contributed by atoms with Crippen LogP contribution in [0.4, 0.5) is 0 Å². The summed E-state index contributed by atoms with van der Waals surface area (Å²) in [7, 11) is 0. The van der Waals surface area contributed by atoms with Gasteiger partial charge in [0.1, 0.15) is 11.6 Å². The van der Waals surface area contributed by atoms with E-state index in [1.54, 1.807) is 0 Å². The number of halogens is 1. The number of hydrogen-bond donors (Lipinski definition) is 1. The lowest BCUT2D eigenvalue weighted by Gasteiger charge is -2.18. The second-order valence-electron chi connectivity index (χ2n) is 9.15. The Hall–Kier alpha value is -3.08. The van der Waals surface area contributed by atoms with Gasteiger partial charge in [-0.25, -0.2) is 4.98 Å². The molecule has 0 atom stereocenters. The van der Waals surface area contributed by atoms with Crippen LogP contribution in [0, 0.1) is 0 Å². The largest absolute Gasteiger partial charge is 0.493 e. The maximum absolute atomic E-state index is 5.97. The molecule has 0 saturated heterocycles. The molecular formula is C30H32ClN3O. The lowest BCUT2D eigenvalue weighted by atomic mass is 10.0. The first-order valence-electron chi connectivity index (χ1n) is 12.6. The molecule has 0 bridgehead atoms. The van der Waals surface area contributed by atoms with Crippen LogP contribution in [0.15, 0.2) is 72.9 Å². The van der Waals surface area contributed by atoms with Gasteiger partial charge in [0.25, 0.3) is 0 Å². The molecule has 1 N–H and O–H groups in total. The van der Waals surface area contributed by atoms with Crippen molar-refractivity contribution < 1.29 is 4.74 Å². The third-order valence-electron chi connectivity index (χ3n) is 6.61. The summed E-state index contributed by atoms with van der Waals surface area (Å²) in [5, 5.41) is 4.25. The Labute approximate surface area is 212 Å². The number of fused-ring (bicyclic) bond motifs is 1. The van der Waals surface area contributed by atoms with Gasteiger partial charge in [0, 0.05) is 41.9 Å². The average Bonchev–Trinajstić information content (AvgIpc) is 3.33. The van der Waals surface area contributed by atoms with Gasteiger partial charge in [-0.1, -0.05) is 43.1 Å². The van der Waals surface area contributed by atoms with Crippen molar-refractivity contribution in [2.24, 2.45) is 0 Å². The van der Waals surface area contributed by atoms with Gasteiger partial charge in [-0.3, -0.25) is 0 Å². The Bertz CT molecular complexity index is 1260. The van der Waals surface area contributed by atoms with Gasteiger partial charge in [0.05, 0.1) is 12.3 Å². The normalized spacial score (nSPS) is 13.0. The summed E-state index contributed by atoms with van der Waals surface area (Å²) < 4.78 is 8.24. The SMILES string of the molecule is CCCCc1nc(-c2ccc(OCCc3ccc(Cl)cc3)cc2)cn1-c1ccc2c(c1)CNCC2. The monoisotopic (exact) mass is 485 g/mol. The zero-order chi connectivity index (χ0) is 24.0. The molecule has 1 aliphatic rings. The summed E-state index contributed by atoms with van der Waals surface area (Å²) in [5.74, 6) is 1.99. The number of aryl methyl sites for hydroxylation is 1. The number of ether oxygens (including phenoxy) is 1. The summed E-state index contributed by atoms with van der Waals surface area (Å²) >= 11 is 5.97. The van der Waals surface area contributed by atoms with Gasteiger partial charge < -0.3 is 14.6 Å². The molecule has 0 amide bonds. The van der Waals surface area contributed by atoms with Crippen molar-refractivity contribution in [3.05, 3.63) is 100 Å². The number of rotatable bonds is 9. The van der Waals surface area contributed by atoms with E-state index in [2.05, 4.69) is 53.3 Å². The molecule has 1 aliphatic heterocycles. The number of hydrogen-bond acceptors (Lipinski definition) is 3. The maximum atomic E-state index is 5.97. The van der Waals surface area contributed by atoms with Crippen LogP contribution in [-0.4, -0.2) is 22.7 Å². The van der Waals surface area contributed by atoms with Crippen molar-refractivity contribution in [3.8, 4) is 22.7 Å². The smallest absolute Gasteiger partial charge is 0.119 e. The third-order valence-corrected chi connectivity index (χ3v) is 6.86. The number of aromatic nitrogens is 2. The van der Waals surface area contributed by atoms with Crippen LogP contribution in [0.1, 0.15) is 42.3 Å². The molecule has 1 aromatic heterocycles. The van der Waals surface area contributed by atoms with Crippen LogP contribution in [-0.2, 0) is 25.8 Å². The highest BCUT2D eigenvalue weighted by molar-refractivity contribution is 6.30. The summed E-state index contributed by atoms with van der Waals surface area (Å²) in [6.45, 7) is 4.85. The maximum Gasteiger partial charge on any atom is 0.119 e. The van der Waals surface area contributed by atoms with Crippen LogP contribution < -0.4 is 10.1 Å². The molecule has 5 rings (SSSR count). The summed E-state index contributed by atoms with van der Waals surface area (Å²) in [6, 6.07) is 23.0. The molecule has 180 valence electrons. The van der Waals surface area contributed by atoms with Crippen LogP contribution in [0.2, 0.25) is 5.02 Å². The molecule has 3 aromatic carbocycles. The predicted octanol–water partition coefficient (Wildman–Crippen LogP) is 6.80. The molecule has 0 radical (unpaired) electrons. The Morgan fingerprint density at radius 2 is 1.80 bits per heavy atom.